The normalized spacial score (nSPS) is 10.1. The van der Waals surface area contributed by atoms with E-state index in [2.05, 4.69) is 5.32 Å². The van der Waals surface area contributed by atoms with Crippen LogP contribution in [0.25, 0.3) is 0 Å². The van der Waals surface area contributed by atoms with Gasteiger partial charge in [0.05, 0.1) is 13.2 Å². The van der Waals surface area contributed by atoms with Crippen LogP contribution in [0.1, 0.15) is 0 Å². The molecular formula is C12H17ClN2O3. The number of rotatable bonds is 8. The summed E-state index contributed by atoms with van der Waals surface area (Å²) in [5.41, 5.74) is 5.25. The minimum Gasteiger partial charge on any atom is -0.484 e. The Morgan fingerprint density at radius 1 is 1.28 bits per heavy atom. The van der Waals surface area contributed by atoms with Crippen LogP contribution in [0.3, 0.4) is 0 Å². The average molecular weight is 273 g/mol. The van der Waals surface area contributed by atoms with Gasteiger partial charge in [-0.3, -0.25) is 4.79 Å². The van der Waals surface area contributed by atoms with Gasteiger partial charge in [-0.25, -0.2) is 0 Å². The van der Waals surface area contributed by atoms with Gasteiger partial charge in [0, 0.05) is 18.1 Å². The summed E-state index contributed by atoms with van der Waals surface area (Å²) in [5.74, 6) is 0.412. The Bertz CT molecular complexity index is 357. The maximum atomic E-state index is 11.4. The Labute approximate surface area is 111 Å². The summed E-state index contributed by atoms with van der Waals surface area (Å²) in [7, 11) is 0. The summed E-state index contributed by atoms with van der Waals surface area (Å²) in [6.45, 7) is 1.84. The van der Waals surface area contributed by atoms with Crippen molar-refractivity contribution in [1.29, 1.82) is 0 Å². The zero-order chi connectivity index (χ0) is 13.2. The van der Waals surface area contributed by atoms with Crippen molar-refractivity contribution in [3.8, 4) is 5.75 Å². The monoisotopic (exact) mass is 272 g/mol. The molecule has 1 amide bonds. The Morgan fingerprint density at radius 2 is 2.00 bits per heavy atom. The van der Waals surface area contributed by atoms with E-state index in [1.165, 1.54) is 0 Å². The Balaban J connectivity index is 2.11. The quantitative estimate of drug-likeness (QED) is 0.687. The summed E-state index contributed by atoms with van der Waals surface area (Å²) in [6.07, 6.45) is 0. The molecule has 0 radical (unpaired) electrons. The molecule has 0 saturated heterocycles. The molecule has 0 aliphatic carbocycles. The Hall–Kier alpha value is -1.30. The van der Waals surface area contributed by atoms with Crippen LogP contribution in [0, 0.1) is 0 Å². The average Bonchev–Trinajstić information content (AvgIpc) is 2.38. The van der Waals surface area contributed by atoms with Crippen LogP contribution < -0.4 is 15.8 Å². The maximum Gasteiger partial charge on any atom is 0.258 e. The van der Waals surface area contributed by atoms with Crippen LogP contribution >= 0.6 is 11.6 Å². The van der Waals surface area contributed by atoms with E-state index in [0.29, 0.717) is 37.1 Å². The first-order chi connectivity index (χ1) is 8.72. The van der Waals surface area contributed by atoms with Crippen LogP contribution in [0.5, 0.6) is 5.75 Å². The maximum absolute atomic E-state index is 11.4. The Kier molecular flexibility index (Phi) is 7.17. The molecule has 0 spiro atoms. The molecule has 0 fully saturated rings. The molecule has 0 aliphatic heterocycles. The highest BCUT2D eigenvalue weighted by atomic mass is 35.5. The van der Waals surface area contributed by atoms with E-state index in [0.717, 1.165) is 0 Å². The molecule has 1 aromatic rings. The van der Waals surface area contributed by atoms with E-state index in [1.54, 1.807) is 24.3 Å². The largest absolute Gasteiger partial charge is 0.484 e. The number of carbonyl (C=O) groups is 1. The van der Waals surface area contributed by atoms with Gasteiger partial charge in [-0.1, -0.05) is 11.6 Å². The Morgan fingerprint density at radius 3 is 2.67 bits per heavy atom. The van der Waals surface area contributed by atoms with Crippen molar-refractivity contribution < 1.29 is 14.3 Å². The van der Waals surface area contributed by atoms with E-state index in [9.17, 15) is 4.79 Å². The first-order valence-electron chi connectivity index (χ1n) is 5.65. The molecule has 1 rings (SSSR count). The molecule has 18 heavy (non-hydrogen) atoms. The fraction of sp³-hybridized carbons (Fsp3) is 0.417. The van der Waals surface area contributed by atoms with Crippen molar-refractivity contribution in [2.45, 2.75) is 0 Å². The van der Waals surface area contributed by atoms with E-state index in [1.807, 2.05) is 0 Å². The fourth-order valence-corrected chi connectivity index (χ4v) is 1.30. The molecule has 0 unspecified atom stereocenters. The van der Waals surface area contributed by atoms with Gasteiger partial charge in [0.2, 0.25) is 0 Å². The van der Waals surface area contributed by atoms with E-state index < -0.39 is 0 Å². The number of carbonyl (C=O) groups excluding carboxylic acids is 1. The fourth-order valence-electron chi connectivity index (χ4n) is 1.18. The molecule has 3 N–H and O–H groups in total. The number of amides is 1. The zero-order valence-electron chi connectivity index (χ0n) is 10.0. The van der Waals surface area contributed by atoms with Crippen molar-refractivity contribution in [2.75, 3.05) is 32.9 Å². The highest BCUT2D eigenvalue weighted by molar-refractivity contribution is 6.30. The van der Waals surface area contributed by atoms with Crippen molar-refractivity contribution in [3.05, 3.63) is 29.3 Å². The van der Waals surface area contributed by atoms with Crippen LogP contribution in [0.15, 0.2) is 24.3 Å². The SMILES string of the molecule is NCCOCCNC(=O)COc1ccc(Cl)cc1. The number of nitrogens with two attached hydrogens (primary N) is 1. The summed E-state index contributed by atoms with van der Waals surface area (Å²) >= 11 is 5.73. The second-order valence-corrected chi connectivity index (χ2v) is 3.93. The minimum atomic E-state index is -0.193. The molecule has 0 bridgehead atoms. The molecule has 0 atom stereocenters. The van der Waals surface area contributed by atoms with Gasteiger partial charge >= 0.3 is 0 Å². The van der Waals surface area contributed by atoms with Crippen molar-refractivity contribution in [3.63, 3.8) is 0 Å². The molecule has 100 valence electrons. The van der Waals surface area contributed by atoms with E-state index in [-0.39, 0.29) is 12.5 Å². The van der Waals surface area contributed by atoms with Crippen molar-refractivity contribution in [2.24, 2.45) is 5.73 Å². The van der Waals surface area contributed by atoms with Gasteiger partial charge in [-0.05, 0) is 24.3 Å². The second kappa shape index (κ2) is 8.74. The van der Waals surface area contributed by atoms with Gasteiger partial charge in [-0.15, -0.1) is 0 Å². The number of ether oxygens (including phenoxy) is 2. The minimum absolute atomic E-state index is 0.0292. The highest BCUT2D eigenvalue weighted by Crippen LogP contribution is 2.15. The summed E-state index contributed by atoms with van der Waals surface area (Å²) in [6, 6.07) is 6.82. The lowest BCUT2D eigenvalue weighted by Crippen LogP contribution is -2.32. The smallest absolute Gasteiger partial charge is 0.258 e. The van der Waals surface area contributed by atoms with Gasteiger partial charge in [0.15, 0.2) is 6.61 Å². The predicted molar refractivity (Wildman–Crippen MR) is 69.8 cm³/mol. The van der Waals surface area contributed by atoms with Crippen molar-refractivity contribution >= 4 is 17.5 Å². The van der Waals surface area contributed by atoms with E-state index >= 15 is 0 Å². The third-order valence-corrected chi connectivity index (χ3v) is 2.27. The van der Waals surface area contributed by atoms with E-state index in [4.69, 9.17) is 26.8 Å². The lowest BCUT2D eigenvalue weighted by atomic mass is 10.3. The highest BCUT2D eigenvalue weighted by Gasteiger charge is 2.01. The number of benzene rings is 1. The first kappa shape index (κ1) is 14.8. The molecule has 5 nitrogen and oxygen atoms in total. The number of hydrogen-bond acceptors (Lipinski definition) is 4. The zero-order valence-corrected chi connectivity index (χ0v) is 10.8. The number of halogens is 1. The second-order valence-electron chi connectivity index (χ2n) is 3.49. The molecule has 0 aliphatic rings. The van der Waals surface area contributed by atoms with Crippen LogP contribution in [-0.2, 0) is 9.53 Å². The van der Waals surface area contributed by atoms with Gasteiger partial charge in [0.25, 0.3) is 5.91 Å². The molecule has 0 heterocycles. The number of hydrogen-bond donors (Lipinski definition) is 2. The predicted octanol–water partition coefficient (Wildman–Crippen LogP) is 0.810. The number of nitrogens with one attached hydrogen (secondary N) is 1. The molecule has 0 saturated carbocycles. The van der Waals surface area contributed by atoms with Crippen molar-refractivity contribution in [1.82, 2.24) is 5.32 Å². The van der Waals surface area contributed by atoms with Crippen LogP contribution in [-0.4, -0.2) is 38.8 Å². The topological polar surface area (TPSA) is 73.6 Å². The third kappa shape index (κ3) is 6.44. The molecule has 6 heteroatoms. The van der Waals surface area contributed by atoms with Crippen LogP contribution in [0.4, 0.5) is 0 Å². The lowest BCUT2D eigenvalue weighted by Gasteiger charge is -2.07. The molecule has 1 aromatic carbocycles. The first-order valence-corrected chi connectivity index (χ1v) is 6.03. The summed E-state index contributed by atoms with van der Waals surface area (Å²) < 4.78 is 10.4. The van der Waals surface area contributed by atoms with Crippen LogP contribution in [0.2, 0.25) is 5.02 Å². The summed E-state index contributed by atoms with van der Waals surface area (Å²) in [5, 5.41) is 3.30. The van der Waals surface area contributed by atoms with Gasteiger partial charge < -0.3 is 20.5 Å². The van der Waals surface area contributed by atoms with Gasteiger partial charge in [-0.2, -0.15) is 0 Å². The van der Waals surface area contributed by atoms with Gasteiger partial charge in [0.1, 0.15) is 5.75 Å². The standard InChI is InChI=1S/C12H17ClN2O3/c13-10-1-3-11(4-2-10)18-9-12(16)15-6-8-17-7-5-14/h1-4H,5-9,14H2,(H,15,16). The molecular weight excluding hydrogens is 256 g/mol. The lowest BCUT2D eigenvalue weighted by molar-refractivity contribution is -0.123. The third-order valence-electron chi connectivity index (χ3n) is 2.01. The molecule has 0 aromatic heterocycles. The summed E-state index contributed by atoms with van der Waals surface area (Å²) in [4.78, 5) is 11.4.